The van der Waals surface area contributed by atoms with Crippen molar-refractivity contribution in [2.24, 2.45) is 0 Å². The molecule has 7 nitrogen and oxygen atoms in total. The fraction of sp³-hybridized carbons (Fsp3) is 0.538. The predicted octanol–water partition coefficient (Wildman–Crippen LogP) is 1.19. The summed E-state index contributed by atoms with van der Waals surface area (Å²) >= 11 is 0. The molecule has 0 aliphatic carbocycles. The predicted molar refractivity (Wildman–Crippen MR) is 72.5 cm³/mol. The summed E-state index contributed by atoms with van der Waals surface area (Å²) in [6.45, 7) is 2.46. The highest BCUT2D eigenvalue weighted by atomic mass is 16.6. The molecule has 1 aromatic heterocycles. The molecule has 2 aliphatic heterocycles. The topological polar surface area (TPSA) is 79.6 Å². The number of hydrogen-bond acceptors (Lipinski definition) is 5. The van der Waals surface area contributed by atoms with Crippen LogP contribution in [0.25, 0.3) is 0 Å². The lowest BCUT2D eigenvalue weighted by Crippen LogP contribution is -2.58. The number of aromatic nitrogens is 1. The molecule has 106 valence electrons. The van der Waals surface area contributed by atoms with Crippen LogP contribution in [0, 0.1) is 10.1 Å². The highest BCUT2D eigenvalue weighted by Crippen LogP contribution is 2.26. The molecule has 0 bridgehead atoms. The first-order chi connectivity index (χ1) is 9.66. The number of anilines is 1. The first kappa shape index (κ1) is 13.0. The number of carbonyl (C=O) groups is 1. The molecule has 0 spiro atoms. The van der Waals surface area contributed by atoms with Crippen molar-refractivity contribution in [3.63, 3.8) is 0 Å². The van der Waals surface area contributed by atoms with Gasteiger partial charge in [-0.3, -0.25) is 9.69 Å². The van der Waals surface area contributed by atoms with E-state index in [1.54, 1.807) is 11.0 Å². The van der Waals surface area contributed by atoms with Crippen LogP contribution >= 0.6 is 0 Å². The second-order valence-electron chi connectivity index (χ2n) is 5.17. The maximum Gasteiger partial charge on any atom is 0.363 e. The molecule has 3 heterocycles. The third kappa shape index (κ3) is 2.24. The SMILES string of the molecule is O=C1[C@@H]2CCCCN2CCN1c1ccc([N+](=O)[O-])nc1. The summed E-state index contributed by atoms with van der Waals surface area (Å²) < 4.78 is 0. The summed E-state index contributed by atoms with van der Waals surface area (Å²) in [5, 5.41) is 10.6. The van der Waals surface area contributed by atoms with E-state index in [2.05, 4.69) is 9.88 Å². The second-order valence-corrected chi connectivity index (χ2v) is 5.17. The van der Waals surface area contributed by atoms with Crippen LogP contribution in [0.4, 0.5) is 11.5 Å². The van der Waals surface area contributed by atoms with E-state index in [4.69, 9.17) is 0 Å². The Morgan fingerprint density at radius 2 is 2.10 bits per heavy atom. The van der Waals surface area contributed by atoms with Crippen LogP contribution in [-0.4, -0.2) is 46.4 Å². The summed E-state index contributed by atoms with van der Waals surface area (Å²) in [4.78, 5) is 30.3. The molecule has 1 atom stereocenters. The van der Waals surface area contributed by atoms with Gasteiger partial charge in [-0.1, -0.05) is 6.42 Å². The van der Waals surface area contributed by atoms with Crippen LogP contribution in [0.1, 0.15) is 19.3 Å². The highest BCUT2D eigenvalue weighted by molar-refractivity contribution is 5.97. The quantitative estimate of drug-likeness (QED) is 0.599. The highest BCUT2D eigenvalue weighted by Gasteiger charge is 2.36. The molecule has 0 unspecified atom stereocenters. The van der Waals surface area contributed by atoms with E-state index in [-0.39, 0.29) is 17.8 Å². The molecule has 0 radical (unpaired) electrons. The molecule has 0 N–H and O–H groups in total. The number of piperazine rings is 1. The zero-order valence-corrected chi connectivity index (χ0v) is 11.1. The van der Waals surface area contributed by atoms with E-state index >= 15 is 0 Å². The van der Waals surface area contributed by atoms with Gasteiger partial charge in [0.2, 0.25) is 5.91 Å². The Morgan fingerprint density at radius 1 is 1.25 bits per heavy atom. The van der Waals surface area contributed by atoms with Crippen LogP contribution in [0.2, 0.25) is 0 Å². The van der Waals surface area contributed by atoms with Crippen LogP contribution in [0.15, 0.2) is 18.3 Å². The van der Waals surface area contributed by atoms with Gasteiger partial charge in [0.1, 0.15) is 0 Å². The number of fused-ring (bicyclic) bond motifs is 1. The van der Waals surface area contributed by atoms with Gasteiger partial charge in [-0.15, -0.1) is 0 Å². The Hall–Kier alpha value is -2.02. The van der Waals surface area contributed by atoms with E-state index in [9.17, 15) is 14.9 Å². The average molecular weight is 276 g/mol. The fourth-order valence-electron chi connectivity index (χ4n) is 2.96. The Morgan fingerprint density at radius 3 is 2.80 bits per heavy atom. The smallest absolute Gasteiger partial charge is 0.358 e. The molecule has 0 saturated carbocycles. The van der Waals surface area contributed by atoms with Gasteiger partial charge in [-0.25, -0.2) is 0 Å². The molecule has 3 rings (SSSR count). The van der Waals surface area contributed by atoms with Gasteiger partial charge >= 0.3 is 5.82 Å². The lowest BCUT2D eigenvalue weighted by Gasteiger charge is -2.42. The zero-order valence-electron chi connectivity index (χ0n) is 11.1. The number of amides is 1. The summed E-state index contributed by atoms with van der Waals surface area (Å²) in [5.41, 5.74) is 0.644. The van der Waals surface area contributed by atoms with Crippen LogP contribution < -0.4 is 4.90 Å². The molecule has 1 amide bonds. The lowest BCUT2D eigenvalue weighted by atomic mass is 9.98. The van der Waals surface area contributed by atoms with Gasteiger partial charge in [0.25, 0.3) is 0 Å². The van der Waals surface area contributed by atoms with E-state index in [1.807, 2.05) is 0 Å². The van der Waals surface area contributed by atoms with Crippen molar-refractivity contribution < 1.29 is 9.72 Å². The zero-order chi connectivity index (χ0) is 14.1. The number of piperidine rings is 1. The Balaban J connectivity index is 1.80. The number of rotatable bonds is 2. The number of carbonyl (C=O) groups excluding carboxylic acids is 1. The van der Waals surface area contributed by atoms with Crippen LogP contribution in [0.3, 0.4) is 0 Å². The first-order valence-electron chi connectivity index (χ1n) is 6.83. The standard InChI is InChI=1S/C13H16N4O3/c18-13-11-3-1-2-6-15(11)7-8-16(13)10-4-5-12(14-9-10)17(19)20/h4-5,9,11H,1-3,6-8H2/t11-/m0/s1. The van der Waals surface area contributed by atoms with Gasteiger partial charge in [-0.2, -0.15) is 0 Å². The Kier molecular flexibility index (Phi) is 3.35. The second kappa shape index (κ2) is 5.16. The minimum absolute atomic E-state index is 0.0345. The molecular weight excluding hydrogens is 260 g/mol. The Labute approximate surface area is 116 Å². The van der Waals surface area contributed by atoms with Gasteiger partial charge in [0.05, 0.1) is 11.7 Å². The van der Waals surface area contributed by atoms with E-state index in [0.29, 0.717) is 12.2 Å². The minimum Gasteiger partial charge on any atom is -0.358 e. The number of pyridine rings is 1. The van der Waals surface area contributed by atoms with E-state index < -0.39 is 4.92 Å². The molecule has 1 aromatic rings. The molecule has 2 aliphatic rings. The van der Waals surface area contributed by atoms with Gasteiger partial charge in [0, 0.05) is 19.2 Å². The largest absolute Gasteiger partial charge is 0.363 e. The molecule has 20 heavy (non-hydrogen) atoms. The van der Waals surface area contributed by atoms with Crippen molar-refractivity contribution in [3.05, 3.63) is 28.4 Å². The number of nitro groups is 1. The fourth-order valence-corrected chi connectivity index (χ4v) is 2.96. The number of hydrogen-bond donors (Lipinski definition) is 0. The molecular formula is C13H16N4O3. The Bertz CT molecular complexity index is 531. The minimum atomic E-state index is -0.537. The van der Waals surface area contributed by atoms with Crippen molar-refractivity contribution >= 4 is 17.4 Å². The monoisotopic (exact) mass is 276 g/mol. The summed E-state index contributed by atoms with van der Waals surface area (Å²) in [5.74, 6) is -0.107. The third-order valence-corrected chi connectivity index (χ3v) is 4.01. The van der Waals surface area contributed by atoms with Gasteiger partial charge < -0.3 is 15.0 Å². The first-order valence-corrected chi connectivity index (χ1v) is 6.83. The average Bonchev–Trinajstić information content (AvgIpc) is 2.48. The molecule has 7 heteroatoms. The normalized spacial score (nSPS) is 23.5. The van der Waals surface area contributed by atoms with Crippen molar-refractivity contribution in [2.75, 3.05) is 24.5 Å². The van der Waals surface area contributed by atoms with Crippen LogP contribution in [-0.2, 0) is 4.79 Å². The van der Waals surface area contributed by atoms with Crippen LogP contribution in [0.5, 0.6) is 0 Å². The van der Waals surface area contributed by atoms with E-state index in [1.165, 1.54) is 12.3 Å². The van der Waals surface area contributed by atoms with E-state index in [0.717, 1.165) is 32.4 Å². The molecule has 2 fully saturated rings. The van der Waals surface area contributed by atoms with Crippen molar-refractivity contribution in [2.45, 2.75) is 25.3 Å². The van der Waals surface area contributed by atoms with Crippen molar-refractivity contribution in [1.82, 2.24) is 9.88 Å². The molecule has 2 saturated heterocycles. The maximum atomic E-state index is 12.5. The summed E-state index contributed by atoms with van der Waals surface area (Å²) in [7, 11) is 0. The third-order valence-electron chi connectivity index (χ3n) is 4.01. The molecule has 0 aromatic carbocycles. The van der Waals surface area contributed by atoms with Crippen molar-refractivity contribution in [3.8, 4) is 0 Å². The van der Waals surface area contributed by atoms with Gasteiger partial charge in [0.15, 0.2) is 6.20 Å². The lowest BCUT2D eigenvalue weighted by molar-refractivity contribution is -0.389. The maximum absolute atomic E-state index is 12.5. The number of nitrogens with zero attached hydrogens (tertiary/aromatic N) is 4. The van der Waals surface area contributed by atoms with Gasteiger partial charge in [-0.05, 0) is 35.4 Å². The summed E-state index contributed by atoms with van der Waals surface area (Å²) in [6, 6.07) is 2.91. The van der Waals surface area contributed by atoms with Crippen molar-refractivity contribution in [1.29, 1.82) is 0 Å². The summed E-state index contributed by atoms with van der Waals surface area (Å²) in [6.07, 6.45) is 4.55.